The van der Waals surface area contributed by atoms with Gasteiger partial charge in [0, 0.05) is 29.6 Å². The van der Waals surface area contributed by atoms with Crippen molar-refractivity contribution in [2.24, 2.45) is 0 Å². The molecular weight excluding hydrogens is 346 g/mol. The zero-order valence-corrected chi connectivity index (χ0v) is 17.5. The summed E-state index contributed by atoms with van der Waals surface area (Å²) in [5.41, 5.74) is 3.09. The number of thioether (sulfide) groups is 1. The number of anilines is 1. The van der Waals surface area contributed by atoms with Crippen LogP contribution in [0.25, 0.3) is 0 Å². The van der Waals surface area contributed by atoms with Gasteiger partial charge < -0.3 is 4.90 Å². The molecule has 1 aliphatic heterocycles. The highest BCUT2D eigenvalue weighted by atomic mass is 35.5. The highest BCUT2D eigenvalue weighted by molar-refractivity contribution is 7.98. The van der Waals surface area contributed by atoms with Crippen LogP contribution in [-0.2, 0) is 0 Å². The second kappa shape index (κ2) is 12.1. The Labute approximate surface area is 163 Å². The van der Waals surface area contributed by atoms with E-state index in [9.17, 15) is 0 Å². The van der Waals surface area contributed by atoms with Gasteiger partial charge in [0.15, 0.2) is 0 Å². The molecule has 2 rings (SSSR count). The molecule has 1 nitrogen and oxygen atoms in total. The minimum atomic E-state index is 0.492. The topological polar surface area (TPSA) is 3.24 Å². The highest BCUT2D eigenvalue weighted by Gasteiger charge is 2.24. The van der Waals surface area contributed by atoms with Gasteiger partial charge in [-0.3, -0.25) is 0 Å². The lowest BCUT2D eigenvalue weighted by atomic mass is 10.1. The molecule has 1 unspecified atom stereocenters. The molecule has 1 aliphatic rings. The number of hydrogen-bond acceptors (Lipinski definition) is 2. The second-order valence-corrected chi connectivity index (χ2v) is 7.27. The van der Waals surface area contributed by atoms with Gasteiger partial charge in [-0.25, -0.2) is 0 Å². The molecular formula is C22H30ClNS. The van der Waals surface area contributed by atoms with Gasteiger partial charge in [0.1, 0.15) is 0 Å². The molecule has 0 amide bonds. The first-order valence-electron chi connectivity index (χ1n) is 8.89. The van der Waals surface area contributed by atoms with Crippen LogP contribution in [0, 0.1) is 19.3 Å². The maximum Gasteiger partial charge on any atom is 0.0612 e. The Bertz CT molecular complexity index is 628. The number of terminal acetylenes is 1. The molecule has 1 aromatic carbocycles. The quantitative estimate of drug-likeness (QED) is 0.427. The third kappa shape index (κ3) is 6.49. The molecule has 0 bridgehead atoms. The molecule has 0 saturated carbocycles. The number of nitrogens with zero attached hydrogens (tertiary/aromatic N) is 1. The van der Waals surface area contributed by atoms with Crippen molar-refractivity contribution in [2.75, 3.05) is 23.5 Å². The lowest BCUT2D eigenvalue weighted by Gasteiger charge is -2.27. The van der Waals surface area contributed by atoms with Crippen LogP contribution >= 0.6 is 23.4 Å². The first-order valence-corrected chi connectivity index (χ1v) is 10.7. The van der Waals surface area contributed by atoms with E-state index in [4.69, 9.17) is 18.0 Å². The zero-order chi connectivity index (χ0) is 18.7. The summed E-state index contributed by atoms with van der Waals surface area (Å²) in [6.07, 6.45) is 19.8. The lowest BCUT2D eigenvalue weighted by Crippen LogP contribution is -2.28. The summed E-state index contributed by atoms with van der Waals surface area (Å²) in [5.74, 6) is 3.78. The van der Waals surface area contributed by atoms with Crippen LogP contribution in [0.3, 0.4) is 0 Å². The maximum absolute atomic E-state index is 6.34. The molecule has 0 radical (unpaired) electrons. The second-order valence-electron chi connectivity index (χ2n) is 5.98. The van der Waals surface area contributed by atoms with Gasteiger partial charge in [-0.15, -0.1) is 6.42 Å². The SMILES string of the molecule is C#Cc1ccc(N2CCCC2/C=C/CC)c(C)c1Cl.C/C=C\CSC. The molecule has 0 aliphatic carbocycles. The highest BCUT2D eigenvalue weighted by Crippen LogP contribution is 2.34. The van der Waals surface area contributed by atoms with Crippen molar-refractivity contribution in [1.29, 1.82) is 0 Å². The summed E-state index contributed by atoms with van der Waals surface area (Å²) >= 11 is 8.18. The van der Waals surface area contributed by atoms with Gasteiger partial charge in [-0.05, 0) is 57.1 Å². The molecule has 136 valence electrons. The standard InChI is InChI=1S/C17H20ClN.C5H10S/c1-4-6-8-15-9-7-12-19(15)16-11-10-14(5-2)17(18)13(16)3;1-3-4-5-6-2/h2,6,8,10-11,15H,4,7,9,12H2,1,3H3;3-4H,5H2,1-2H3/b8-6+;4-3-. The molecule has 1 heterocycles. The van der Waals surface area contributed by atoms with Gasteiger partial charge in [-0.1, -0.05) is 48.7 Å². The Morgan fingerprint density at radius 1 is 1.40 bits per heavy atom. The van der Waals surface area contributed by atoms with Crippen molar-refractivity contribution in [3.8, 4) is 12.3 Å². The van der Waals surface area contributed by atoms with Gasteiger partial charge in [0.25, 0.3) is 0 Å². The summed E-state index contributed by atoms with van der Waals surface area (Å²) in [6.45, 7) is 7.35. The summed E-state index contributed by atoms with van der Waals surface area (Å²) in [4.78, 5) is 2.44. The molecule has 1 fully saturated rings. The minimum Gasteiger partial charge on any atom is -0.365 e. The van der Waals surface area contributed by atoms with E-state index in [2.05, 4.69) is 61.3 Å². The van der Waals surface area contributed by atoms with Crippen molar-refractivity contribution >= 4 is 29.1 Å². The van der Waals surface area contributed by atoms with E-state index in [0.717, 1.165) is 29.8 Å². The molecule has 3 heteroatoms. The minimum absolute atomic E-state index is 0.492. The molecule has 0 aromatic heterocycles. The third-order valence-corrected chi connectivity index (χ3v) is 5.23. The van der Waals surface area contributed by atoms with Crippen LogP contribution in [0.15, 0.2) is 36.4 Å². The van der Waals surface area contributed by atoms with Crippen molar-refractivity contribution < 1.29 is 0 Å². The molecule has 1 atom stereocenters. The van der Waals surface area contributed by atoms with Crippen LogP contribution < -0.4 is 4.90 Å². The van der Waals surface area contributed by atoms with E-state index < -0.39 is 0 Å². The van der Waals surface area contributed by atoms with Gasteiger partial charge in [0.05, 0.1) is 5.02 Å². The van der Waals surface area contributed by atoms with Crippen molar-refractivity contribution in [3.63, 3.8) is 0 Å². The predicted molar refractivity (Wildman–Crippen MR) is 117 cm³/mol. The van der Waals surface area contributed by atoms with E-state index >= 15 is 0 Å². The van der Waals surface area contributed by atoms with Crippen molar-refractivity contribution in [2.45, 2.75) is 46.1 Å². The van der Waals surface area contributed by atoms with E-state index in [1.807, 2.05) is 24.8 Å². The average Bonchev–Trinajstić information content (AvgIpc) is 3.09. The zero-order valence-electron chi connectivity index (χ0n) is 15.9. The van der Waals surface area contributed by atoms with E-state index in [0.29, 0.717) is 11.1 Å². The van der Waals surface area contributed by atoms with Crippen LogP contribution in [0.1, 0.15) is 44.2 Å². The summed E-state index contributed by atoms with van der Waals surface area (Å²) in [5, 5.41) is 0.713. The Morgan fingerprint density at radius 2 is 2.16 bits per heavy atom. The number of benzene rings is 1. The third-order valence-electron chi connectivity index (χ3n) is 4.21. The fourth-order valence-corrected chi connectivity index (χ4v) is 3.47. The monoisotopic (exact) mass is 375 g/mol. The van der Waals surface area contributed by atoms with Crippen molar-refractivity contribution in [3.05, 3.63) is 52.6 Å². The van der Waals surface area contributed by atoms with Crippen LogP contribution in [0.5, 0.6) is 0 Å². The molecule has 1 aromatic rings. The Balaban J connectivity index is 0.000000450. The van der Waals surface area contributed by atoms with Crippen LogP contribution in [0.2, 0.25) is 5.02 Å². The summed E-state index contributed by atoms with van der Waals surface area (Å²) in [7, 11) is 0. The first kappa shape index (κ1) is 21.7. The van der Waals surface area contributed by atoms with E-state index in [1.54, 1.807) is 0 Å². The first-order chi connectivity index (χ1) is 12.1. The Kier molecular flexibility index (Phi) is 10.5. The number of halogens is 1. The molecule has 0 N–H and O–H groups in total. The molecule has 0 spiro atoms. The van der Waals surface area contributed by atoms with Crippen molar-refractivity contribution in [1.82, 2.24) is 0 Å². The number of rotatable bonds is 5. The fourth-order valence-electron chi connectivity index (χ4n) is 2.87. The van der Waals surface area contributed by atoms with E-state index in [-0.39, 0.29) is 0 Å². The van der Waals surface area contributed by atoms with Gasteiger partial charge in [0.2, 0.25) is 0 Å². The predicted octanol–water partition coefficient (Wildman–Crippen LogP) is 6.49. The number of allylic oxidation sites excluding steroid dienone is 2. The summed E-state index contributed by atoms with van der Waals surface area (Å²) < 4.78 is 0. The summed E-state index contributed by atoms with van der Waals surface area (Å²) in [6, 6.07) is 4.55. The average molecular weight is 376 g/mol. The Morgan fingerprint density at radius 3 is 2.72 bits per heavy atom. The normalized spacial score (nSPS) is 17.0. The number of hydrogen-bond donors (Lipinski definition) is 0. The molecule has 25 heavy (non-hydrogen) atoms. The van der Waals surface area contributed by atoms with Crippen LogP contribution in [-0.4, -0.2) is 24.6 Å². The lowest BCUT2D eigenvalue weighted by molar-refractivity contribution is 0.799. The fraction of sp³-hybridized carbons (Fsp3) is 0.455. The van der Waals surface area contributed by atoms with Gasteiger partial charge in [-0.2, -0.15) is 11.8 Å². The van der Waals surface area contributed by atoms with Crippen LogP contribution in [0.4, 0.5) is 5.69 Å². The van der Waals surface area contributed by atoms with E-state index in [1.165, 1.54) is 18.5 Å². The maximum atomic E-state index is 6.34. The van der Waals surface area contributed by atoms with Gasteiger partial charge >= 0.3 is 0 Å². The Hall–Kier alpha value is -1.30. The smallest absolute Gasteiger partial charge is 0.0612 e. The molecule has 1 saturated heterocycles. The largest absolute Gasteiger partial charge is 0.365 e.